The van der Waals surface area contributed by atoms with E-state index in [1.54, 1.807) is 4.90 Å². The summed E-state index contributed by atoms with van der Waals surface area (Å²) in [5.41, 5.74) is 0. The van der Waals surface area contributed by atoms with Gasteiger partial charge >= 0.3 is 5.95 Å². The minimum atomic E-state index is -1.29. The number of nitrogens with zero attached hydrogens (tertiary/aromatic N) is 2. The maximum absolute atomic E-state index is 13.2. The van der Waals surface area contributed by atoms with Crippen molar-refractivity contribution < 1.29 is 14.1 Å². The van der Waals surface area contributed by atoms with E-state index in [0.29, 0.717) is 32.2 Å². The van der Waals surface area contributed by atoms with E-state index in [0.717, 1.165) is 13.0 Å². The van der Waals surface area contributed by atoms with Crippen molar-refractivity contribution in [1.29, 1.82) is 0 Å². The van der Waals surface area contributed by atoms with Crippen molar-refractivity contribution in [3.05, 3.63) is 21.9 Å². The Balaban J connectivity index is 2.02. The molecular formula is C9H14FN3O3. The monoisotopic (exact) mass is 231 g/mol. The van der Waals surface area contributed by atoms with Gasteiger partial charge in [0.2, 0.25) is 5.82 Å². The van der Waals surface area contributed by atoms with Gasteiger partial charge in [-0.25, -0.2) is 0 Å². The zero-order valence-electron chi connectivity index (χ0n) is 8.82. The molecule has 2 heterocycles. The van der Waals surface area contributed by atoms with Crippen LogP contribution in [0.25, 0.3) is 0 Å². The molecule has 2 aliphatic rings. The SMILES string of the molecule is O=[N+]([O-])C(F)=C1NCCN1CC1CCOC1. The Kier molecular flexibility index (Phi) is 3.23. The zero-order valence-corrected chi connectivity index (χ0v) is 8.82. The molecule has 0 spiro atoms. The molecule has 1 unspecified atom stereocenters. The van der Waals surface area contributed by atoms with Crippen LogP contribution >= 0.6 is 0 Å². The third-order valence-electron chi connectivity index (χ3n) is 2.85. The molecule has 2 saturated heterocycles. The third kappa shape index (κ3) is 2.24. The van der Waals surface area contributed by atoms with Crippen LogP contribution < -0.4 is 5.32 Å². The highest BCUT2D eigenvalue weighted by atomic mass is 19.1. The van der Waals surface area contributed by atoms with Crippen molar-refractivity contribution in [2.45, 2.75) is 6.42 Å². The molecule has 6 nitrogen and oxygen atoms in total. The molecule has 2 fully saturated rings. The standard InChI is InChI=1S/C9H14FN3O3/c10-8(13(14)15)9-11-2-3-12(9)5-7-1-4-16-6-7/h7,11H,1-6H2. The van der Waals surface area contributed by atoms with Crippen LogP contribution in [0.4, 0.5) is 4.39 Å². The number of ether oxygens (including phenoxy) is 1. The Morgan fingerprint density at radius 2 is 2.56 bits per heavy atom. The summed E-state index contributed by atoms with van der Waals surface area (Å²) in [6.45, 7) is 3.15. The highest BCUT2D eigenvalue weighted by Gasteiger charge is 2.30. The second-order valence-electron chi connectivity index (χ2n) is 4.00. The lowest BCUT2D eigenvalue weighted by Crippen LogP contribution is -2.28. The molecular weight excluding hydrogens is 217 g/mol. The van der Waals surface area contributed by atoms with Crippen LogP contribution in [0.2, 0.25) is 0 Å². The Morgan fingerprint density at radius 3 is 3.19 bits per heavy atom. The molecule has 90 valence electrons. The molecule has 0 amide bonds. The Labute approximate surface area is 92.2 Å². The van der Waals surface area contributed by atoms with Crippen molar-refractivity contribution in [1.82, 2.24) is 10.2 Å². The predicted molar refractivity (Wildman–Crippen MR) is 53.6 cm³/mol. The Morgan fingerprint density at radius 1 is 1.75 bits per heavy atom. The van der Waals surface area contributed by atoms with Gasteiger partial charge in [0.15, 0.2) is 0 Å². The lowest BCUT2D eigenvalue weighted by atomic mass is 10.1. The Bertz CT molecular complexity index is 315. The van der Waals surface area contributed by atoms with Crippen LogP contribution in [-0.2, 0) is 4.74 Å². The number of halogens is 1. The highest BCUT2D eigenvalue weighted by Crippen LogP contribution is 2.20. The van der Waals surface area contributed by atoms with Gasteiger partial charge in [0.1, 0.15) is 0 Å². The van der Waals surface area contributed by atoms with Gasteiger partial charge in [-0.15, -0.1) is 4.39 Å². The number of nitro groups is 1. The first-order valence-electron chi connectivity index (χ1n) is 5.29. The molecule has 1 atom stereocenters. The van der Waals surface area contributed by atoms with Gasteiger partial charge in [0.05, 0.1) is 11.5 Å². The summed E-state index contributed by atoms with van der Waals surface area (Å²) in [5, 5.41) is 13.1. The molecule has 0 aliphatic carbocycles. The summed E-state index contributed by atoms with van der Waals surface area (Å²) < 4.78 is 18.4. The minimum absolute atomic E-state index is 0.0110. The number of nitrogens with one attached hydrogen (secondary N) is 1. The van der Waals surface area contributed by atoms with Crippen molar-refractivity contribution in [2.75, 3.05) is 32.8 Å². The molecule has 16 heavy (non-hydrogen) atoms. The lowest BCUT2D eigenvalue weighted by molar-refractivity contribution is -0.449. The van der Waals surface area contributed by atoms with E-state index in [2.05, 4.69) is 5.32 Å². The van der Waals surface area contributed by atoms with E-state index in [1.807, 2.05) is 0 Å². The van der Waals surface area contributed by atoms with Gasteiger partial charge in [-0.05, 0) is 6.42 Å². The van der Waals surface area contributed by atoms with Gasteiger partial charge < -0.3 is 15.0 Å². The topological polar surface area (TPSA) is 67.6 Å². The van der Waals surface area contributed by atoms with E-state index in [-0.39, 0.29) is 5.82 Å². The average molecular weight is 231 g/mol. The first kappa shape index (κ1) is 11.1. The normalized spacial score (nSPS) is 28.1. The smallest absolute Gasteiger partial charge is 0.381 e. The van der Waals surface area contributed by atoms with Gasteiger partial charge in [0.25, 0.3) is 0 Å². The number of hydrogen-bond acceptors (Lipinski definition) is 5. The molecule has 0 aromatic rings. The maximum atomic E-state index is 13.2. The highest BCUT2D eigenvalue weighted by molar-refractivity contribution is 5.04. The first-order chi connectivity index (χ1) is 7.68. The molecule has 2 rings (SSSR count). The predicted octanol–water partition coefficient (Wildman–Crippen LogP) is 0.301. The molecule has 0 aromatic heterocycles. The van der Waals surface area contributed by atoms with E-state index in [9.17, 15) is 14.5 Å². The fraction of sp³-hybridized carbons (Fsp3) is 0.778. The summed E-state index contributed by atoms with van der Waals surface area (Å²) in [6, 6.07) is 0. The minimum Gasteiger partial charge on any atom is -0.381 e. The Hall–Kier alpha value is -1.37. The number of hydrogen-bond donors (Lipinski definition) is 1. The van der Waals surface area contributed by atoms with Crippen LogP contribution in [-0.4, -0.2) is 42.7 Å². The molecule has 2 aliphatic heterocycles. The van der Waals surface area contributed by atoms with Crippen LogP contribution in [0.15, 0.2) is 11.8 Å². The molecule has 0 saturated carbocycles. The lowest BCUT2D eigenvalue weighted by Gasteiger charge is -2.20. The average Bonchev–Trinajstić information content (AvgIpc) is 2.88. The van der Waals surface area contributed by atoms with Gasteiger partial charge in [-0.3, -0.25) is 10.1 Å². The van der Waals surface area contributed by atoms with E-state index < -0.39 is 10.9 Å². The van der Waals surface area contributed by atoms with E-state index in [1.165, 1.54) is 0 Å². The van der Waals surface area contributed by atoms with Crippen molar-refractivity contribution >= 4 is 0 Å². The van der Waals surface area contributed by atoms with Gasteiger partial charge in [-0.1, -0.05) is 0 Å². The molecule has 0 bridgehead atoms. The van der Waals surface area contributed by atoms with Crippen molar-refractivity contribution in [3.63, 3.8) is 0 Å². The molecule has 0 radical (unpaired) electrons. The van der Waals surface area contributed by atoms with Crippen molar-refractivity contribution in [3.8, 4) is 0 Å². The van der Waals surface area contributed by atoms with Gasteiger partial charge in [0, 0.05) is 32.2 Å². The van der Waals surface area contributed by atoms with Crippen LogP contribution in [0, 0.1) is 16.0 Å². The maximum Gasteiger partial charge on any atom is 0.460 e. The van der Waals surface area contributed by atoms with Crippen LogP contribution in [0.5, 0.6) is 0 Å². The second-order valence-corrected chi connectivity index (χ2v) is 4.00. The van der Waals surface area contributed by atoms with Crippen LogP contribution in [0.1, 0.15) is 6.42 Å². The summed E-state index contributed by atoms with van der Waals surface area (Å²) in [4.78, 5) is 11.0. The summed E-state index contributed by atoms with van der Waals surface area (Å²) in [7, 11) is 0. The largest absolute Gasteiger partial charge is 0.460 e. The molecule has 1 N–H and O–H groups in total. The first-order valence-corrected chi connectivity index (χ1v) is 5.29. The molecule has 0 aromatic carbocycles. The zero-order chi connectivity index (χ0) is 11.5. The summed E-state index contributed by atoms with van der Waals surface area (Å²) in [6.07, 6.45) is 0.934. The molecule has 7 heteroatoms. The quantitative estimate of drug-likeness (QED) is 0.430. The summed E-state index contributed by atoms with van der Waals surface area (Å²) >= 11 is 0. The van der Waals surface area contributed by atoms with Gasteiger partial charge in [-0.2, -0.15) is 0 Å². The summed E-state index contributed by atoms with van der Waals surface area (Å²) in [5.74, 6) is -0.942. The van der Waals surface area contributed by atoms with E-state index >= 15 is 0 Å². The fourth-order valence-electron chi connectivity index (χ4n) is 2.04. The van der Waals surface area contributed by atoms with Crippen molar-refractivity contribution in [2.24, 2.45) is 5.92 Å². The van der Waals surface area contributed by atoms with Crippen LogP contribution in [0.3, 0.4) is 0 Å². The fourth-order valence-corrected chi connectivity index (χ4v) is 2.04. The third-order valence-corrected chi connectivity index (χ3v) is 2.85. The second kappa shape index (κ2) is 4.65. The van der Waals surface area contributed by atoms with E-state index in [4.69, 9.17) is 4.74 Å². The number of rotatable bonds is 3.